The number of aliphatic hydroxyl groups is 2. The van der Waals surface area contributed by atoms with E-state index in [0.717, 1.165) is 17.4 Å². The molecule has 3 rings (SSSR count). The van der Waals surface area contributed by atoms with Crippen molar-refractivity contribution in [2.24, 2.45) is 17.3 Å². The van der Waals surface area contributed by atoms with Crippen LogP contribution in [-0.4, -0.2) is 42.1 Å². The number of esters is 1. The first kappa shape index (κ1) is 25.7. The SMILES string of the molecule is C=C(C)[C@@H]1CC=C(C)[C@H](COc2ccc3ccc(=O)oc3c2)[C@]1(C)CCC(=O)OC[C@@H](O)CO. The lowest BCUT2D eigenvalue weighted by Gasteiger charge is -2.47. The third-order valence-electron chi connectivity index (χ3n) is 6.94. The molecule has 0 bridgehead atoms. The van der Waals surface area contributed by atoms with Crippen molar-refractivity contribution in [3.63, 3.8) is 0 Å². The molecule has 184 valence electrons. The van der Waals surface area contributed by atoms with Crippen LogP contribution in [0.1, 0.15) is 40.0 Å². The van der Waals surface area contributed by atoms with E-state index in [-0.39, 0.29) is 30.3 Å². The van der Waals surface area contributed by atoms with E-state index in [1.807, 2.05) is 19.1 Å². The van der Waals surface area contributed by atoms with Gasteiger partial charge >= 0.3 is 11.6 Å². The number of rotatable bonds is 10. The summed E-state index contributed by atoms with van der Waals surface area (Å²) in [7, 11) is 0. The molecule has 1 aliphatic rings. The normalized spacial score (nSPS) is 23.3. The summed E-state index contributed by atoms with van der Waals surface area (Å²) in [6.45, 7) is 10.2. The zero-order valence-corrected chi connectivity index (χ0v) is 20.1. The topological polar surface area (TPSA) is 106 Å². The van der Waals surface area contributed by atoms with Gasteiger partial charge in [0.15, 0.2) is 0 Å². The van der Waals surface area contributed by atoms with Gasteiger partial charge in [-0.05, 0) is 56.2 Å². The van der Waals surface area contributed by atoms with Crippen molar-refractivity contribution in [1.82, 2.24) is 0 Å². The fourth-order valence-electron chi connectivity index (χ4n) is 4.91. The summed E-state index contributed by atoms with van der Waals surface area (Å²) in [6.07, 6.45) is 2.72. The van der Waals surface area contributed by atoms with E-state index >= 15 is 0 Å². The maximum atomic E-state index is 12.3. The number of allylic oxidation sites excluding steroid dienone is 2. The number of carbonyl (C=O) groups excluding carboxylic acids is 1. The second-order valence-corrected chi connectivity index (χ2v) is 9.43. The van der Waals surface area contributed by atoms with Crippen LogP contribution in [0.15, 0.2) is 63.3 Å². The Morgan fingerprint density at radius 1 is 1.32 bits per heavy atom. The maximum Gasteiger partial charge on any atom is 0.336 e. The van der Waals surface area contributed by atoms with Gasteiger partial charge in [-0.2, -0.15) is 0 Å². The Labute approximate surface area is 199 Å². The molecule has 1 aromatic heterocycles. The lowest BCUT2D eigenvalue weighted by molar-refractivity contribution is -0.148. The smallest absolute Gasteiger partial charge is 0.336 e. The highest BCUT2D eigenvalue weighted by atomic mass is 16.5. The Kier molecular flexibility index (Phi) is 8.33. The van der Waals surface area contributed by atoms with Crippen molar-refractivity contribution in [1.29, 1.82) is 0 Å². The van der Waals surface area contributed by atoms with Gasteiger partial charge in [-0.1, -0.05) is 30.7 Å². The molecular formula is C27H34O7. The van der Waals surface area contributed by atoms with Gasteiger partial charge in [0.2, 0.25) is 0 Å². The minimum Gasteiger partial charge on any atom is -0.493 e. The van der Waals surface area contributed by atoms with Crippen LogP contribution in [0.4, 0.5) is 0 Å². The van der Waals surface area contributed by atoms with Crippen LogP contribution in [0.2, 0.25) is 0 Å². The lowest BCUT2D eigenvalue weighted by atomic mass is 9.58. The van der Waals surface area contributed by atoms with Gasteiger partial charge in [-0.15, -0.1) is 0 Å². The third kappa shape index (κ3) is 5.96. The average Bonchev–Trinajstić information content (AvgIpc) is 2.80. The summed E-state index contributed by atoms with van der Waals surface area (Å²) in [5.74, 6) is 0.380. The van der Waals surface area contributed by atoms with E-state index < -0.39 is 24.3 Å². The Balaban J connectivity index is 1.77. The number of carbonyl (C=O) groups is 1. The van der Waals surface area contributed by atoms with Gasteiger partial charge in [0.25, 0.3) is 0 Å². The molecular weight excluding hydrogens is 436 g/mol. The van der Waals surface area contributed by atoms with Gasteiger partial charge in [0.1, 0.15) is 24.0 Å². The minimum atomic E-state index is -1.07. The molecule has 0 aliphatic heterocycles. The highest BCUT2D eigenvalue weighted by molar-refractivity contribution is 5.77. The van der Waals surface area contributed by atoms with E-state index in [2.05, 4.69) is 26.5 Å². The highest BCUT2D eigenvalue weighted by Crippen LogP contribution is 2.51. The van der Waals surface area contributed by atoms with Gasteiger partial charge in [-0.3, -0.25) is 4.79 Å². The first-order valence-corrected chi connectivity index (χ1v) is 11.6. The van der Waals surface area contributed by atoms with Crippen molar-refractivity contribution in [2.75, 3.05) is 19.8 Å². The summed E-state index contributed by atoms with van der Waals surface area (Å²) >= 11 is 0. The molecule has 7 heteroatoms. The van der Waals surface area contributed by atoms with Crippen molar-refractivity contribution >= 4 is 16.9 Å². The van der Waals surface area contributed by atoms with Crippen molar-refractivity contribution < 1.29 is 28.9 Å². The summed E-state index contributed by atoms with van der Waals surface area (Å²) < 4.78 is 16.6. The van der Waals surface area contributed by atoms with Crippen LogP contribution in [0.25, 0.3) is 11.0 Å². The van der Waals surface area contributed by atoms with E-state index in [9.17, 15) is 14.7 Å². The molecule has 0 amide bonds. The Hall–Kier alpha value is -2.90. The van der Waals surface area contributed by atoms with Gasteiger partial charge in [0.05, 0.1) is 13.2 Å². The molecule has 0 unspecified atom stereocenters. The minimum absolute atomic E-state index is 0.0252. The predicted octanol–water partition coefficient (Wildman–Crippen LogP) is 4.01. The number of fused-ring (bicyclic) bond motifs is 1. The highest BCUT2D eigenvalue weighted by Gasteiger charge is 2.44. The van der Waals surface area contributed by atoms with Crippen molar-refractivity contribution in [3.8, 4) is 5.75 Å². The monoisotopic (exact) mass is 470 g/mol. The van der Waals surface area contributed by atoms with Crippen LogP contribution in [0.3, 0.4) is 0 Å². The van der Waals surface area contributed by atoms with Gasteiger partial charge in [-0.25, -0.2) is 4.79 Å². The van der Waals surface area contributed by atoms with Crippen LogP contribution >= 0.6 is 0 Å². The molecule has 0 spiro atoms. The molecule has 2 N–H and O–H groups in total. The van der Waals surface area contributed by atoms with E-state index in [0.29, 0.717) is 24.4 Å². The number of benzene rings is 1. The van der Waals surface area contributed by atoms with Crippen molar-refractivity contribution in [3.05, 3.63) is 64.6 Å². The average molecular weight is 471 g/mol. The van der Waals surface area contributed by atoms with E-state index in [1.165, 1.54) is 11.6 Å². The molecule has 34 heavy (non-hydrogen) atoms. The number of hydrogen-bond acceptors (Lipinski definition) is 7. The molecule has 0 saturated carbocycles. The maximum absolute atomic E-state index is 12.3. The largest absolute Gasteiger partial charge is 0.493 e. The second kappa shape index (κ2) is 11.0. The molecule has 1 heterocycles. The standard InChI is InChI=1S/C27H34O7/c1-17(2)22-9-5-18(3)23(27(22,4)12-11-25(30)33-15-20(29)14-28)16-32-21-8-6-19-7-10-26(31)34-24(19)13-21/h5-8,10,13,20,22-23,28-29H,1,9,11-12,14-16H2,2-4H3/t20-,22-,23-,27+/m0/s1. The summed E-state index contributed by atoms with van der Waals surface area (Å²) in [4.78, 5) is 23.9. The molecule has 0 saturated heterocycles. The fourth-order valence-corrected chi connectivity index (χ4v) is 4.91. The van der Waals surface area contributed by atoms with Crippen LogP contribution < -0.4 is 10.4 Å². The lowest BCUT2D eigenvalue weighted by Crippen LogP contribution is -2.42. The number of hydrogen-bond donors (Lipinski definition) is 2. The molecule has 0 radical (unpaired) electrons. The van der Waals surface area contributed by atoms with E-state index in [4.69, 9.17) is 19.0 Å². The first-order valence-electron chi connectivity index (χ1n) is 11.6. The molecule has 1 aromatic carbocycles. The zero-order chi connectivity index (χ0) is 24.9. The van der Waals surface area contributed by atoms with Crippen LogP contribution in [0.5, 0.6) is 5.75 Å². The Morgan fingerprint density at radius 3 is 2.76 bits per heavy atom. The second-order valence-electron chi connectivity index (χ2n) is 9.43. The van der Waals surface area contributed by atoms with Gasteiger partial charge in [0, 0.05) is 29.9 Å². The van der Waals surface area contributed by atoms with Crippen LogP contribution in [-0.2, 0) is 9.53 Å². The fraction of sp³-hybridized carbons (Fsp3) is 0.481. The Morgan fingerprint density at radius 2 is 2.06 bits per heavy atom. The molecule has 7 nitrogen and oxygen atoms in total. The molecule has 4 atom stereocenters. The van der Waals surface area contributed by atoms with Crippen molar-refractivity contribution in [2.45, 2.75) is 46.1 Å². The van der Waals surface area contributed by atoms with Gasteiger partial charge < -0.3 is 24.1 Å². The first-order chi connectivity index (χ1) is 16.1. The summed E-state index contributed by atoms with van der Waals surface area (Å²) in [5.41, 5.74) is 1.99. The number of aliphatic hydroxyl groups excluding tert-OH is 2. The summed E-state index contributed by atoms with van der Waals surface area (Å²) in [6, 6.07) is 8.52. The quantitative estimate of drug-likeness (QED) is 0.307. The zero-order valence-electron chi connectivity index (χ0n) is 20.1. The third-order valence-corrected chi connectivity index (χ3v) is 6.94. The van der Waals surface area contributed by atoms with E-state index in [1.54, 1.807) is 12.1 Å². The van der Waals surface area contributed by atoms with Crippen LogP contribution in [0, 0.1) is 17.3 Å². The number of ether oxygens (including phenoxy) is 2. The summed E-state index contributed by atoms with van der Waals surface area (Å²) in [5, 5.41) is 19.2. The predicted molar refractivity (Wildman–Crippen MR) is 130 cm³/mol. The molecule has 2 aromatic rings. The molecule has 1 aliphatic carbocycles. The molecule has 0 fully saturated rings. The Bertz CT molecular complexity index is 1120.